The highest BCUT2D eigenvalue weighted by Crippen LogP contribution is 2.08. The first kappa shape index (κ1) is 14.5. The van der Waals surface area contributed by atoms with Crippen LogP contribution in [0.4, 0.5) is 0 Å². The zero-order chi connectivity index (χ0) is 13.4. The third-order valence-corrected chi connectivity index (χ3v) is 3.93. The Kier molecular flexibility index (Phi) is 5.62. The number of nitriles is 1. The molecule has 1 N–H and O–H groups in total. The average molecular weight is 268 g/mol. The largest absolute Gasteiger partial charge is 0.494 e. The molecule has 1 aromatic rings. The normalized spacial score (nSPS) is 12.7. The Morgan fingerprint density at radius 1 is 1.39 bits per heavy atom. The molecule has 0 saturated carbocycles. The van der Waals surface area contributed by atoms with E-state index in [2.05, 4.69) is 4.72 Å². The van der Waals surface area contributed by atoms with Crippen molar-refractivity contribution in [3.8, 4) is 11.8 Å². The van der Waals surface area contributed by atoms with Gasteiger partial charge in [0.25, 0.3) is 0 Å². The summed E-state index contributed by atoms with van der Waals surface area (Å²) in [5.74, 6) is 0.755. The highest BCUT2D eigenvalue weighted by Gasteiger charge is 2.18. The van der Waals surface area contributed by atoms with E-state index in [9.17, 15) is 8.42 Å². The van der Waals surface area contributed by atoms with E-state index in [1.165, 1.54) is 6.92 Å². The van der Waals surface area contributed by atoms with Gasteiger partial charge in [-0.2, -0.15) is 5.26 Å². The zero-order valence-corrected chi connectivity index (χ0v) is 11.0. The van der Waals surface area contributed by atoms with Gasteiger partial charge in [0.1, 0.15) is 5.75 Å². The summed E-state index contributed by atoms with van der Waals surface area (Å²) >= 11 is 0. The van der Waals surface area contributed by atoms with Gasteiger partial charge >= 0.3 is 0 Å². The van der Waals surface area contributed by atoms with Crippen molar-refractivity contribution in [3.63, 3.8) is 0 Å². The maximum Gasteiger partial charge on any atom is 0.227 e. The first-order valence-corrected chi connectivity index (χ1v) is 7.17. The fraction of sp³-hybridized carbons (Fsp3) is 0.417. The highest BCUT2D eigenvalue weighted by molar-refractivity contribution is 7.90. The van der Waals surface area contributed by atoms with Gasteiger partial charge in [0.2, 0.25) is 10.0 Å². The Balaban J connectivity index is 2.22. The highest BCUT2D eigenvalue weighted by atomic mass is 32.2. The summed E-state index contributed by atoms with van der Waals surface area (Å²) in [5.41, 5.74) is 0. The smallest absolute Gasteiger partial charge is 0.227 e. The van der Waals surface area contributed by atoms with Crippen molar-refractivity contribution in [2.75, 3.05) is 13.2 Å². The van der Waals surface area contributed by atoms with Gasteiger partial charge in [0, 0.05) is 6.54 Å². The predicted octanol–water partition coefficient (Wildman–Crippen LogP) is 1.29. The van der Waals surface area contributed by atoms with Crippen molar-refractivity contribution < 1.29 is 13.2 Å². The summed E-state index contributed by atoms with van der Waals surface area (Å²) in [7, 11) is -3.52. The first-order valence-electron chi connectivity index (χ1n) is 5.62. The lowest BCUT2D eigenvalue weighted by atomic mass is 10.3. The molecule has 0 bridgehead atoms. The molecule has 1 unspecified atom stereocenters. The molecule has 0 radical (unpaired) electrons. The van der Waals surface area contributed by atoms with Crippen molar-refractivity contribution in [3.05, 3.63) is 30.3 Å². The minimum absolute atomic E-state index is 0.265. The number of nitrogens with zero attached hydrogens (tertiary/aromatic N) is 1. The van der Waals surface area contributed by atoms with Crippen molar-refractivity contribution in [1.82, 2.24) is 4.72 Å². The van der Waals surface area contributed by atoms with E-state index < -0.39 is 15.3 Å². The second-order valence-corrected chi connectivity index (χ2v) is 5.81. The van der Waals surface area contributed by atoms with E-state index in [4.69, 9.17) is 10.00 Å². The molecule has 0 heterocycles. The summed E-state index contributed by atoms with van der Waals surface area (Å²) in [6.07, 6.45) is 0.548. The number of nitrogens with one attached hydrogen (secondary N) is 1. The Hall–Kier alpha value is -1.58. The minimum atomic E-state index is -3.52. The van der Waals surface area contributed by atoms with Crippen LogP contribution in [0.25, 0.3) is 0 Å². The SMILES string of the molecule is CC(C#N)S(=O)(=O)NCCCOc1ccccc1. The molecular formula is C12H16N2O3S. The molecule has 1 atom stereocenters. The number of sulfonamides is 1. The molecule has 0 fully saturated rings. The summed E-state index contributed by atoms with van der Waals surface area (Å²) in [6, 6.07) is 11.0. The number of ether oxygens (including phenoxy) is 1. The van der Waals surface area contributed by atoms with Crippen LogP contribution in [0.1, 0.15) is 13.3 Å². The molecule has 0 aliphatic heterocycles. The number of hydrogen-bond donors (Lipinski definition) is 1. The fourth-order valence-electron chi connectivity index (χ4n) is 1.19. The van der Waals surface area contributed by atoms with E-state index in [0.717, 1.165) is 5.75 Å². The van der Waals surface area contributed by atoms with Gasteiger partial charge in [-0.3, -0.25) is 0 Å². The van der Waals surface area contributed by atoms with Crippen LogP contribution in [0.5, 0.6) is 5.75 Å². The minimum Gasteiger partial charge on any atom is -0.494 e. The maximum atomic E-state index is 11.4. The van der Waals surface area contributed by atoms with Gasteiger partial charge < -0.3 is 4.74 Å². The second-order valence-electron chi connectivity index (χ2n) is 3.73. The Bertz CT molecular complexity index is 494. The van der Waals surface area contributed by atoms with Crippen molar-refractivity contribution in [2.24, 2.45) is 0 Å². The van der Waals surface area contributed by atoms with E-state index >= 15 is 0 Å². The molecule has 0 aromatic heterocycles. The van der Waals surface area contributed by atoms with Crippen LogP contribution in [0, 0.1) is 11.3 Å². The van der Waals surface area contributed by atoms with Crippen LogP contribution in [0.3, 0.4) is 0 Å². The standard InChI is InChI=1S/C12H16N2O3S/c1-11(10-13)18(15,16)14-8-5-9-17-12-6-3-2-4-7-12/h2-4,6-7,11,14H,5,8-9H2,1H3. The predicted molar refractivity (Wildman–Crippen MR) is 68.6 cm³/mol. The van der Waals surface area contributed by atoms with E-state index in [0.29, 0.717) is 13.0 Å². The van der Waals surface area contributed by atoms with Crippen LogP contribution in [-0.4, -0.2) is 26.8 Å². The third kappa shape index (κ3) is 4.73. The second kappa shape index (κ2) is 6.99. The molecule has 0 amide bonds. The molecule has 0 aliphatic rings. The Morgan fingerprint density at radius 2 is 2.06 bits per heavy atom. The lowest BCUT2D eigenvalue weighted by Crippen LogP contribution is -2.32. The maximum absolute atomic E-state index is 11.4. The molecule has 5 nitrogen and oxygen atoms in total. The molecule has 18 heavy (non-hydrogen) atoms. The van der Waals surface area contributed by atoms with Crippen molar-refractivity contribution >= 4 is 10.0 Å². The van der Waals surface area contributed by atoms with Crippen LogP contribution >= 0.6 is 0 Å². The lowest BCUT2D eigenvalue weighted by molar-refractivity contribution is 0.311. The number of rotatable bonds is 7. The molecule has 1 rings (SSSR count). The van der Waals surface area contributed by atoms with E-state index in [1.807, 2.05) is 30.3 Å². The third-order valence-electron chi connectivity index (χ3n) is 2.28. The van der Waals surface area contributed by atoms with Gasteiger partial charge in [-0.15, -0.1) is 0 Å². The molecule has 1 aromatic carbocycles. The quantitative estimate of drug-likeness (QED) is 0.756. The average Bonchev–Trinajstić information content (AvgIpc) is 2.38. The van der Waals surface area contributed by atoms with Crippen LogP contribution in [-0.2, 0) is 10.0 Å². The number of hydrogen-bond acceptors (Lipinski definition) is 4. The Morgan fingerprint density at radius 3 is 2.67 bits per heavy atom. The fourth-order valence-corrected chi connectivity index (χ4v) is 2.01. The number of para-hydroxylation sites is 1. The van der Waals surface area contributed by atoms with Crippen LogP contribution in [0.15, 0.2) is 30.3 Å². The van der Waals surface area contributed by atoms with Gasteiger partial charge in [-0.25, -0.2) is 13.1 Å². The summed E-state index contributed by atoms with van der Waals surface area (Å²) < 4.78 is 30.6. The van der Waals surface area contributed by atoms with E-state index in [1.54, 1.807) is 6.07 Å². The zero-order valence-electron chi connectivity index (χ0n) is 10.2. The van der Waals surface area contributed by atoms with Crippen LogP contribution in [0.2, 0.25) is 0 Å². The molecular weight excluding hydrogens is 252 g/mol. The van der Waals surface area contributed by atoms with E-state index in [-0.39, 0.29) is 6.54 Å². The summed E-state index contributed by atoms with van der Waals surface area (Å²) in [6.45, 7) is 2.04. The molecule has 0 spiro atoms. The van der Waals surface area contributed by atoms with Crippen molar-refractivity contribution in [1.29, 1.82) is 5.26 Å². The molecule has 0 aliphatic carbocycles. The van der Waals surface area contributed by atoms with Crippen molar-refractivity contribution in [2.45, 2.75) is 18.6 Å². The first-order chi connectivity index (χ1) is 8.56. The monoisotopic (exact) mass is 268 g/mol. The van der Waals surface area contributed by atoms with Gasteiger partial charge in [-0.05, 0) is 25.5 Å². The van der Waals surface area contributed by atoms with Gasteiger partial charge in [0.15, 0.2) is 5.25 Å². The summed E-state index contributed by atoms with van der Waals surface area (Å²) in [4.78, 5) is 0. The molecule has 0 saturated heterocycles. The Labute approximate surface area is 107 Å². The molecule has 98 valence electrons. The van der Waals surface area contributed by atoms with Gasteiger partial charge in [0.05, 0.1) is 12.7 Å². The van der Waals surface area contributed by atoms with Crippen LogP contribution < -0.4 is 9.46 Å². The van der Waals surface area contributed by atoms with Gasteiger partial charge in [-0.1, -0.05) is 18.2 Å². The lowest BCUT2D eigenvalue weighted by Gasteiger charge is -2.08. The topological polar surface area (TPSA) is 79.2 Å². The number of benzene rings is 1. The molecule has 6 heteroatoms. The summed E-state index contributed by atoms with van der Waals surface area (Å²) in [5, 5.41) is 7.49.